The molecule has 0 spiro atoms. The highest BCUT2D eigenvalue weighted by atomic mass is 32.1. The van der Waals surface area contributed by atoms with Crippen LogP contribution in [0.2, 0.25) is 0 Å². The van der Waals surface area contributed by atoms with Gasteiger partial charge in [0.1, 0.15) is 5.75 Å². The van der Waals surface area contributed by atoms with Gasteiger partial charge in [0.05, 0.1) is 17.1 Å². The van der Waals surface area contributed by atoms with Crippen LogP contribution in [0.4, 0.5) is 18.9 Å². The molecule has 10 heteroatoms. The zero-order chi connectivity index (χ0) is 16.2. The van der Waals surface area contributed by atoms with E-state index in [1.165, 1.54) is 35.8 Å². The molecule has 2 rings (SSSR count). The topological polar surface area (TPSA) is 85.4 Å². The van der Waals surface area contributed by atoms with Gasteiger partial charge in [-0.2, -0.15) is 0 Å². The van der Waals surface area contributed by atoms with Gasteiger partial charge in [-0.25, -0.2) is 4.99 Å². The van der Waals surface area contributed by atoms with Crippen molar-refractivity contribution in [3.05, 3.63) is 34.8 Å². The lowest BCUT2D eigenvalue weighted by molar-refractivity contribution is -0.274. The zero-order valence-corrected chi connectivity index (χ0v) is 12.2. The van der Waals surface area contributed by atoms with Crippen molar-refractivity contribution in [2.45, 2.75) is 19.8 Å². The number of guanidine groups is 1. The molecule has 6 nitrogen and oxygen atoms in total. The van der Waals surface area contributed by atoms with Gasteiger partial charge < -0.3 is 15.8 Å². The highest BCUT2D eigenvalue weighted by molar-refractivity contribution is 7.05. The lowest BCUT2D eigenvalue weighted by atomic mass is 10.3. The monoisotopic (exact) mass is 331 g/mol. The summed E-state index contributed by atoms with van der Waals surface area (Å²) in [5, 5.41) is 6.62. The summed E-state index contributed by atoms with van der Waals surface area (Å²) in [6.07, 6.45) is -4.71. The molecule has 1 heterocycles. The molecule has 0 aliphatic heterocycles. The van der Waals surface area contributed by atoms with Gasteiger partial charge in [0.15, 0.2) is 5.96 Å². The Hall–Kier alpha value is -2.36. The van der Waals surface area contributed by atoms with Gasteiger partial charge in [-0.15, -0.1) is 18.3 Å². The van der Waals surface area contributed by atoms with Crippen molar-refractivity contribution < 1.29 is 17.9 Å². The molecule has 0 fully saturated rings. The molecule has 0 bridgehead atoms. The van der Waals surface area contributed by atoms with Gasteiger partial charge in [0.2, 0.25) is 0 Å². The quantitative estimate of drug-likeness (QED) is 0.664. The lowest BCUT2D eigenvalue weighted by Gasteiger charge is -2.10. The van der Waals surface area contributed by atoms with Crippen LogP contribution in [0.1, 0.15) is 10.6 Å². The number of rotatable bonds is 4. The van der Waals surface area contributed by atoms with E-state index in [-0.39, 0.29) is 11.7 Å². The Bertz CT molecular complexity index is 654. The first-order chi connectivity index (χ1) is 10.3. The fourth-order valence-corrected chi connectivity index (χ4v) is 2.04. The summed E-state index contributed by atoms with van der Waals surface area (Å²) in [6, 6.07) is 5.17. The van der Waals surface area contributed by atoms with Crippen molar-refractivity contribution in [1.29, 1.82) is 0 Å². The number of ether oxygens (including phenoxy) is 1. The van der Waals surface area contributed by atoms with Crippen LogP contribution in [0.3, 0.4) is 0 Å². The third kappa shape index (κ3) is 4.88. The molecule has 118 valence electrons. The number of halogens is 3. The summed E-state index contributed by atoms with van der Waals surface area (Å²) in [5.74, 6) is -0.169. The van der Waals surface area contributed by atoms with Crippen molar-refractivity contribution in [2.24, 2.45) is 10.7 Å². The Kier molecular flexibility index (Phi) is 4.81. The van der Waals surface area contributed by atoms with E-state index < -0.39 is 6.36 Å². The summed E-state index contributed by atoms with van der Waals surface area (Å²) in [4.78, 5) is 4.99. The molecule has 0 unspecified atom stereocenters. The van der Waals surface area contributed by atoms with E-state index >= 15 is 0 Å². The normalized spacial score (nSPS) is 12.3. The smallest absolute Gasteiger partial charge is 0.406 e. The van der Waals surface area contributed by atoms with Gasteiger partial charge in [0, 0.05) is 5.69 Å². The summed E-state index contributed by atoms with van der Waals surface area (Å²) in [5.41, 5.74) is 6.99. The van der Waals surface area contributed by atoms with Crippen LogP contribution in [0.25, 0.3) is 0 Å². The average Bonchev–Trinajstić information content (AvgIpc) is 2.83. The third-order valence-electron chi connectivity index (χ3n) is 2.50. The second kappa shape index (κ2) is 6.60. The second-order valence-corrected chi connectivity index (χ2v) is 5.02. The molecule has 2 aromatic rings. The average molecular weight is 331 g/mol. The molecule has 0 aliphatic carbocycles. The van der Waals surface area contributed by atoms with E-state index in [1.807, 2.05) is 6.92 Å². The van der Waals surface area contributed by atoms with Crippen LogP contribution in [0, 0.1) is 6.92 Å². The number of hydrogen-bond acceptors (Lipinski definition) is 5. The zero-order valence-electron chi connectivity index (χ0n) is 11.4. The van der Waals surface area contributed by atoms with Gasteiger partial charge in [0.25, 0.3) is 0 Å². The van der Waals surface area contributed by atoms with Crippen molar-refractivity contribution in [2.75, 3.05) is 5.32 Å². The minimum atomic E-state index is -4.71. The summed E-state index contributed by atoms with van der Waals surface area (Å²) >= 11 is 1.23. The highest BCUT2D eigenvalue weighted by Gasteiger charge is 2.30. The van der Waals surface area contributed by atoms with Crippen molar-refractivity contribution >= 4 is 23.2 Å². The fraction of sp³-hybridized carbons (Fsp3) is 0.250. The molecule has 1 aromatic heterocycles. The van der Waals surface area contributed by atoms with Gasteiger partial charge in [-0.1, -0.05) is 4.49 Å². The number of benzene rings is 1. The second-order valence-electron chi connectivity index (χ2n) is 4.18. The number of hydrogen-bond donors (Lipinski definition) is 2. The molecule has 1 aromatic carbocycles. The van der Waals surface area contributed by atoms with E-state index in [0.29, 0.717) is 12.2 Å². The van der Waals surface area contributed by atoms with Crippen LogP contribution >= 0.6 is 11.5 Å². The number of nitrogens with one attached hydrogen (secondary N) is 1. The highest BCUT2D eigenvalue weighted by Crippen LogP contribution is 2.23. The number of aromatic nitrogens is 2. The Morgan fingerprint density at radius 3 is 2.59 bits per heavy atom. The van der Waals surface area contributed by atoms with E-state index in [1.54, 1.807) is 0 Å². The molecule has 22 heavy (non-hydrogen) atoms. The number of alkyl halides is 3. The molecule has 0 atom stereocenters. The molecule has 0 radical (unpaired) electrons. The van der Waals surface area contributed by atoms with Crippen molar-refractivity contribution in [3.63, 3.8) is 0 Å². The summed E-state index contributed by atoms with van der Waals surface area (Å²) in [6.45, 7) is 2.15. The maximum absolute atomic E-state index is 12.0. The fourth-order valence-electron chi connectivity index (χ4n) is 1.48. The van der Waals surface area contributed by atoms with E-state index in [9.17, 15) is 13.2 Å². The molecule has 0 saturated heterocycles. The molecular weight excluding hydrogens is 319 g/mol. The Labute approximate surface area is 128 Å². The predicted molar refractivity (Wildman–Crippen MR) is 76.7 cm³/mol. The number of aliphatic imine (C=N–C) groups is 1. The standard InChI is InChI=1S/C12H12F3N5OS/c1-7-10(22-20-19-7)6-17-11(16)18-8-2-4-9(5-3-8)21-12(13,14)15/h2-5H,6H2,1H3,(H3,16,17,18). The Balaban J connectivity index is 1.94. The van der Waals surface area contributed by atoms with Crippen LogP contribution in [0.15, 0.2) is 29.3 Å². The molecular formula is C12H12F3N5OS. The van der Waals surface area contributed by atoms with E-state index in [2.05, 4.69) is 24.6 Å². The van der Waals surface area contributed by atoms with E-state index in [4.69, 9.17) is 5.73 Å². The number of anilines is 1. The van der Waals surface area contributed by atoms with Crippen LogP contribution in [-0.4, -0.2) is 21.9 Å². The molecule has 0 amide bonds. The van der Waals surface area contributed by atoms with Crippen molar-refractivity contribution in [3.8, 4) is 5.75 Å². The minimum absolute atomic E-state index is 0.136. The minimum Gasteiger partial charge on any atom is -0.406 e. The van der Waals surface area contributed by atoms with E-state index in [0.717, 1.165) is 10.6 Å². The van der Waals surface area contributed by atoms with Crippen LogP contribution in [0.5, 0.6) is 5.75 Å². The first-order valence-electron chi connectivity index (χ1n) is 6.04. The van der Waals surface area contributed by atoms with Crippen LogP contribution in [-0.2, 0) is 6.54 Å². The van der Waals surface area contributed by atoms with Gasteiger partial charge >= 0.3 is 6.36 Å². The molecule has 3 N–H and O–H groups in total. The number of nitrogens with two attached hydrogens (primary N) is 1. The molecule has 0 saturated carbocycles. The predicted octanol–water partition coefficient (Wildman–Crippen LogP) is 2.67. The first-order valence-corrected chi connectivity index (χ1v) is 6.81. The van der Waals surface area contributed by atoms with Gasteiger partial charge in [-0.3, -0.25) is 0 Å². The summed E-state index contributed by atoms with van der Waals surface area (Å²) in [7, 11) is 0. The largest absolute Gasteiger partial charge is 0.573 e. The maximum Gasteiger partial charge on any atom is 0.573 e. The first kappa shape index (κ1) is 16.0. The SMILES string of the molecule is Cc1nnsc1CN=C(N)Nc1ccc(OC(F)(F)F)cc1. The number of aryl methyl sites for hydroxylation is 1. The maximum atomic E-state index is 12.0. The summed E-state index contributed by atoms with van der Waals surface area (Å²) < 4.78 is 43.6. The lowest BCUT2D eigenvalue weighted by Crippen LogP contribution is -2.22. The van der Waals surface area contributed by atoms with Crippen molar-refractivity contribution in [1.82, 2.24) is 9.59 Å². The van der Waals surface area contributed by atoms with Gasteiger partial charge in [-0.05, 0) is 42.7 Å². The Morgan fingerprint density at radius 1 is 1.36 bits per heavy atom. The Morgan fingerprint density at radius 2 is 2.05 bits per heavy atom. The number of nitrogens with zero attached hydrogens (tertiary/aromatic N) is 3. The third-order valence-corrected chi connectivity index (χ3v) is 3.31. The molecule has 0 aliphatic rings. The van der Waals surface area contributed by atoms with Crippen LogP contribution < -0.4 is 15.8 Å².